The minimum Gasteiger partial charge on any atom is -0.348 e. The molecule has 1 N–H and O–H groups in total. The fourth-order valence-electron chi connectivity index (χ4n) is 3.33. The molecule has 146 valence electrons. The van der Waals surface area contributed by atoms with Crippen molar-refractivity contribution < 1.29 is 4.79 Å². The van der Waals surface area contributed by atoms with Crippen molar-refractivity contribution >= 4 is 54.3 Å². The Balaban J connectivity index is 1.53. The number of nitrogens with zero attached hydrogens (tertiary/aromatic N) is 4. The average molecular weight is 462 g/mol. The van der Waals surface area contributed by atoms with Gasteiger partial charge < -0.3 is 10.2 Å². The third-order valence-electron chi connectivity index (χ3n) is 4.74. The number of carbonyl (C=O) groups is 1. The molecular weight excluding hydrogens is 442 g/mol. The second kappa shape index (κ2) is 8.00. The SMILES string of the molecule is C[C@H]1CCCN(c2nc3ncn(CC(=O)Nc4ccc(Br)cc4)c(=O)c3s2)C1. The number of nitrogens with one attached hydrogen (secondary N) is 1. The Bertz CT molecular complexity index is 1060. The normalized spacial score (nSPS) is 17.1. The molecule has 1 fully saturated rings. The Morgan fingerprint density at radius 1 is 1.36 bits per heavy atom. The molecule has 9 heteroatoms. The van der Waals surface area contributed by atoms with Crippen molar-refractivity contribution in [2.75, 3.05) is 23.3 Å². The molecule has 0 bridgehead atoms. The Morgan fingerprint density at radius 3 is 2.89 bits per heavy atom. The Morgan fingerprint density at radius 2 is 2.14 bits per heavy atom. The van der Waals surface area contributed by atoms with Gasteiger partial charge in [0.15, 0.2) is 10.8 Å². The van der Waals surface area contributed by atoms with E-state index in [0.717, 1.165) is 29.1 Å². The number of fused-ring (bicyclic) bond motifs is 1. The van der Waals surface area contributed by atoms with Gasteiger partial charge >= 0.3 is 0 Å². The lowest BCUT2D eigenvalue weighted by atomic mass is 10.0. The Labute approximate surface area is 174 Å². The van der Waals surface area contributed by atoms with E-state index in [0.29, 0.717) is 22.0 Å². The average Bonchev–Trinajstić information content (AvgIpc) is 3.11. The quantitative estimate of drug-likeness (QED) is 0.642. The van der Waals surface area contributed by atoms with Crippen molar-refractivity contribution in [2.24, 2.45) is 5.92 Å². The third kappa shape index (κ3) is 4.10. The molecule has 1 amide bonds. The summed E-state index contributed by atoms with van der Waals surface area (Å²) in [5, 5.41) is 3.62. The molecule has 0 unspecified atom stereocenters. The summed E-state index contributed by atoms with van der Waals surface area (Å²) in [7, 11) is 0. The van der Waals surface area contributed by atoms with Gasteiger partial charge in [0, 0.05) is 23.2 Å². The summed E-state index contributed by atoms with van der Waals surface area (Å²) in [6.07, 6.45) is 3.75. The molecule has 1 aromatic carbocycles. The molecule has 0 saturated carbocycles. The van der Waals surface area contributed by atoms with E-state index in [-0.39, 0.29) is 18.0 Å². The highest BCUT2D eigenvalue weighted by Crippen LogP contribution is 2.29. The van der Waals surface area contributed by atoms with E-state index < -0.39 is 0 Å². The topological polar surface area (TPSA) is 80.1 Å². The van der Waals surface area contributed by atoms with Gasteiger partial charge in [-0.3, -0.25) is 14.2 Å². The van der Waals surface area contributed by atoms with Crippen LogP contribution in [0.2, 0.25) is 0 Å². The molecule has 3 aromatic rings. The largest absolute Gasteiger partial charge is 0.348 e. The second-order valence-corrected chi connectivity index (χ2v) is 8.97. The maximum absolute atomic E-state index is 12.8. The Kier molecular flexibility index (Phi) is 5.45. The van der Waals surface area contributed by atoms with E-state index in [9.17, 15) is 9.59 Å². The molecule has 0 spiro atoms. The van der Waals surface area contributed by atoms with Gasteiger partial charge in [-0.2, -0.15) is 4.98 Å². The number of piperidine rings is 1. The summed E-state index contributed by atoms with van der Waals surface area (Å²) in [5.74, 6) is 0.341. The number of halogens is 1. The molecule has 28 heavy (non-hydrogen) atoms. The van der Waals surface area contributed by atoms with Crippen molar-refractivity contribution in [3.63, 3.8) is 0 Å². The first-order chi connectivity index (χ1) is 13.5. The van der Waals surface area contributed by atoms with Gasteiger partial charge in [-0.05, 0) is 43.0 Å². The monoisotopic (exact) mass is 461 g/mol. The van der Waals surface area contributed by atoms with Crippen LogP contribution in [0.5, 0.6) is 0 Å². The fraction of sp³-hybridized carbons (Fsp3) is 0.368. The lowest BCUT2D eigenvalue weighted by Crippen LogP contribution is -2.34. The van der Waals surface area contributed by atoms with Crippen LogP contribution in [0.25, 0.3) is 10.3 Å². The molecule has 3 heterocycles. The highest BCUT2D eigenvalue weighted by molar-refractivity contribution is 9.10. The number of aromatic nitrogens is 3. The van der Waals surface area contributed by atoms with Crippen LogP contribution in [-0.4, -0.2) is 33.5 Å². The van der Waals surface area contributed by atoms with Gasteiger partial charge in [0.1, 0.15) is 17.6 Å². The first-order valence-corrected chi connectivity index (χ1v) is 10.8. The molecule has 1 aliphatic heterocycles. The third-order valence-corrected chi connectivity index (χ3v) is 6.36. The molecular formula is C19H20BrN5O2S. The van der Waals surface area contributed by atoms with E-state index >= 15 is 0 Å². The van der Waals surface area contributed by atoms with Crippen molar-refractivity contribution in [1.82, 2.24) is 14.5 Å². The van der Waals surface area contributed by atoms with E-state index in [4.69, 9.17) is 0 Å². The lowest BCUT2D eigenvalue weighted by molar-refractivity contribution is -0.116. The standard InChI is InChI=1S/C19H20BrN5O2S/c1-12-3-2-8-24(9-12)19-23-17-16(28-19)18(27)25(11-21-17)10-15(26)22-14-6-4-13(20)5-7-14/h4-7,11-12H,2-3,8-10H2,1H3,(H,22,26)/t12-/m0/s1. The number of hydrogen-bond donors (Lipinski definition) is 1. The molecule has 4 rings (SSSR count). The number of benzene rings is 1. The summed E-state index contributed by atoms with van der Waals surface area (Å²) in [6.45, 7) is 4.04. The van der Waals surface area contributed by atoms with Gasteiger partial charge in [-0.25, -0.2) is 4.98 Å². The van der Waals surface area contributed by atoms with Gasteiger partial charge in [0.25, 0.3) is 5.56 Å². The molecule has 7 nitrogen and oxygen atoms in total. The summed E-state index contributed by atoms with van der Waals surface area (Å²) >= 11 is 4.72. The number of carbonyl (C=O) groups excluding carboxylic acids is 1. The first kappa shape index (κ1) is 19.1. The lowest BCUT2D eigenvalue weighted by Gasteiger charge is -2.30. The van der Waals surface area contributed by atoms with Crippen molar-refractivity contribution in [3.05, 3.63) is 45.4 Å². The summed E-state index contributed by atoms with van der Waals surface area (Å²) in [5.41, 5.74) is 0.895. The first-order valence-electron chi connectivity index (χ1n) is 9.16. The van der Waals surface area contributed by atoms with Gasteiger partial charge in [-0.15, -0.1) is 0 Å². The summed E-state index contributed by atoms with van der Waals surface area (Å²) < 4.78 is 2.75. The Hall–Kier alpha value is -2.26. The van der Waals surface area contributed by atoms with Crippen LogP contribution in [0.3, 0.4) is 0 Å². The minimum absolute atomic E-state index is 0.0914. The van der Waals surface area contributed by atoms with Crippen LogP contribution in [0.4, 0.5) is 10.8 Å². The summed E-state index contributed by atoms with van der Waals surface area (Å²) in [4.78, 5) is 36.2. The van der Waals surface area contributed by atoms with Crippen molar-refractivity contribution in [2.45, 2.75) is 26.3 Å². The fourth-order valence-corrected chi connectivity index (χ4v) is 4.60. The van der Waals surface area contributed by atoms with E-state index in [2.05, 4.69) is 43.0 Å². The second-order valence-electron chi connectivity index (χ2n) is 7.08. The van der Waals surface area contributed by atoms with Crippen LogP contribution in [0, 0.1) is 5.92 Å². The summed E-state index contributed by atoms with van der Waals surface area (Å²) in [6, 6.07) is 7.27. The van der Waals surface area contributed by atoms with E-state index in [1.165, 1.54) is 28.7 Å². The van der Waals surface area contributed by atoms with Crippen molar-refractivity contribution in [1.29, 1.82) is 0 Å². The van der Waals surface area contributed by atoms with Crippen LogP contribution >= 0.6 is 27.3 Å². The smallest absolute Gasteiger partial charge is 0.273 e. The van der Waals surface area contributed by atoms with Crippen LogP contribution < -0.4 is 15.8 Å². The zero-order valence-electron chi connectivity index (χ0n) is 15.4. The maximum atomic E-state index is 12.8. The van der Waals surface area contributed by atoms with Crippen LogP contribution in [0.15, 0.2) is 39.9 Å². The van der Waals surface area contributed by atoms with Gasteiger partial charge in [-0.1, -0.05) is 34.2 Å². The van der Waals surface area contributed by atoms with E-state index in [1.807, 2.05) is 12.1 Å². The number of amides is 1. The van der Waals surface area contributed by atoms with Crippen molar-refractivity contribution in [3.8, 4) is 0 Å². The van der Waals surface area contributed by atoms with Crippen LogP contribution in [-0.2, 0) is 11.3 Å². The molecule has 0 aliphatic carbocycles. The molecule has 1 aliphatic rings. The molecule has 1 saturated heterocycles. The molecule has 0 radical (unpaired) electrons. The predicted molar refractivity (Wildman–Crippen MR) is 115 cm³/mol. The molecule has 2 aromatic heterocycles. The highest BCUT2D eigenvalue weighted by atomic mass is 79.9. The molecule has 1 atom stereocenters. The number of rotatable bonds is 4. The van der Waals surface area contributed by atoms with Gasteiger partial charge in [0.2, 0.25) is 5.91 Å². The van der Waals surface area contributed by atoms with Crippen LogP contribution in [0.1, 0.15) is 19.8 Å². The number of anilines is 2. The minimum atomic E-state index is -0.278. The van der Waals surface area contributed by atoms with Gasteiger partial charge in [0.05, 0.1) is 0 Å². The predicted octanol–water partition coefficient (Wildman–Crippen LogP) is 3.49. The van der Waals surface area contributed by atoms with E-state index in [1.54, 1.807) is 12.1 Å². The number of hydrogen-bond acceptors (Lipinski definition) is 6. The number of thiazole rings is 1. The zero-order valence-corrected chi connectivity index (χ0v) is 17.8. The maximum Gasteiger partial charge on any atom is 0.273 e. The zero-order chi connectivity index (χ0) is 19.7. The highest BCUT2D eigenvalue weighted by Gasteiger charge is 2.21.